The Bertz CT molecular complexity index is 528. The zero-order valence-electron chi connectivity index (χ0n) is 12.0. The number of hydrogen-bond donors (Lipinski definition) is 0. The zero-order chi connectivity index (χ0) is 13.7. The molecule has 0 saturated carbocycles. The van der Waals surface area contributed by atoms with Crippen LogP contribution in [0.2, 0.25) is 0 Å². The van der Waals surface area contributed by atoms with E-state index in [1.54, 1.807) is 18.9 Å². The molecule has 2 nitrogen and oxygen atoms in total. The zero-order valence-corrected chi connectivity index (χ0v) is 13.6. The van der Waals surface area contributed by atoms with Gasteiger partial charge in [0.05, 0.1) is 7.11 Å². The van der Waals surface area contributed by atoms with E-state index in [2.05, 4.69) is 55.4 Å². The van der Waals surface area contributed by atoms with Crippen LogP contribution < -0.4 is 4.74 Å². The minimum absolute atomic E-state index is 0. The normalized spacial score (nSPS) is 10.2. The van der Waals surface area contributed by atoms with Crippen molar-refractivity contribution in [2.45, 2.75) is 16.3 Å². The Labute approximate surface area is 131 Å². The van der Waals surface area contributed by atoms with Crippen molar-refractivity contribution in [2.75, 3.05) is 21.2 Å². The number of halogens is 1. The third kappa shape index (κ3) is 5.08. The lowest BCUT2D eigenvalue weighted by molar-refractivity contribution is 0.402. The maximum absolute atomic E-state index is 5.24. The number of nitrogens with zero attached hydrogens (tertiary/aromatic N) is 1. The standard InChI is InChI=1S/C16H19NOS.ClH/c1-17(2)12-13-7-9-15(10-8-13)19-16-6-4-5-14(11-16)18-3;/h4-11H,12H2,1-3H3;1H. The Kier molecular flexibility index (Phi) is 6.93. The van der Waals surface area contributed by atoms with E-state index in [0.717, 1.165) is 12.3 Å². The van der Waals surface area contributed by atoms with Crippen LogP contribution in [0.3, 0.4) is 0 Å². The van der Waals surface area contributed by atoms with E-state index < -0.39 is 0 Å². The van der Waals surface area contributed by atoms with Gasteiger partial charge in [0, 0.05) is 16.3 Å². The molecule has 0 radical (unpaired) electrons. The lowest BCUT2D eigenvalue weighted by Gasteiger charge is -2.10. The summed E-state index contributed by atoms with van der Waals surface area (Å²) in [4.78, 5) is 4.61. The summed E-state index contributed by atoms with van der Waals surface area (Å²) in [7, 11) is 5.86. The van der Waals surface area contributed by atoms with Crippen molar-refractivity contribution < 1.29 is 4.74 Å². The fourth-order valence-electron chi connectivity index (χ4n) is 1.83. The Morgan fingerprint density at radius 1 is 1.00 bits per heavy atom. The highest BCUT2D eigenvalue weighted by atomic mass is 35.5. The minimum atomic E-state index is 0. The van der Waals surface area contributed by atoms with Crippen LogP contribution in [-0.4, -0.2) is 26.1 Å². The van der Waals surface area contributed by atoms with Gasteiger partial charge in [0.2, 0.25) is 0 Å². The smallest absolute Gasteiger partial charge is 0.119 e. The molecule has 0 aromatic heterocycles. The highest BCUT2D eigenvalue weighted by Crippen LogP contribution is 2.30. The van der Waals surface area contributed by atoms with Crippen molar-refractivity contribution in [2.24, 2.45) is 0 Å². The highest BCUT2D eigenvalue weighted by molar-refractivity contribution is 7.99. The number of hydrogen-bond acceptors (Lipinski definition) is 3. The monoisotopic (exact) mass is 309 g/mol. The van der Waals surface area contributed by atoms with Gasteiger partial charge in [-0.25, -0.2) is 0 Å². The minimum Gasteiger partial charge on any atom is -0.497 e. The quantitative estimate of drug-likeness (QED) is 0.815. The van der Waals surface area contributed by atoms with E-state index in [1.807, 2.05) is 12.1 Å². The van der Waals surface area contributed by atoms with E-state index in [1.165, 1.54) is 15.4 Å². The summed E-state index contributed by atoms with van der Waals surface area (Å²) >= 11 is 1.75. The maximum atomic E-state index is 5.24. The van der Waals surface area contributed by atoms with Crippen molar-refractivity contribution in [3.8, 4) is 5.75 Å². The number of rotatable bonds is 5. The number of methoxy groups -OCH3 is 1. The summed E-state index contributed by atoms with van der Waals surface area (Å²) in [6.07, 6.45) is 0. The van der Waals surface area contributed by atoms with Crippen LogP contribution in [0.4, 0.5) is 0 Å². The average molecular weight is 310 g/mol. The van der Waals surface area contributed by atoms with Crippen molar-refractivity contribution in [1.29, 1.82) is 0 Å². The summed E-state index contributed by atoms with van der Waals surface area (Å²) < 4.78 is 5.24. The highest BCUT2D eigenvalue weighted by Gasteiger charge is 2.00. The number of ether oxygens (including phenoxy) is 1. The summed E-state index contributed by atoms with van der Waals surface area (Å²) in [5.74, 6) is 0.897. The van der Waals surface area contributed by atoms with Gasteiger partial charge < -0.3 is 9.64 Å². The fraction of sp³-hybridized carbons (Fsp3) is 0.250. The molecule has 0 heterocycles. The Balaban J connectivity index is 0.00000200. The molecule has 0 amide bonds. The molecule has 0 aliphatic heterocycles. The first-order valence-electron chi connectivity index (χ1n) is 6.23. The molecule has 0 aliphatic carbocycles. The van der Waals surface area contributed by atoms with Crippen LogP contribution in [0.15, 0.2) is 58.3 Å². The van der Waals surface area contributed by atoms with E-state index in [0.29, 0.717) is 0 Å². The van der Waals surface area contributed by atoms with Gasteiger partial charge in [0.25, 0.3) is 0 Å². The average Bonchev–Trinajstić information content (AvgIpc) is 2.41. The van der Waals surface area contributed by atoms with E-state index in [9.17, 15) is 0 Å². The SMILES string of the molecule is COc1cccc(Sc2ccc(CN(C)C)cc2)c1.Cl. The molecule has 0 bridgehead atoms. The van der Waals surface area contributed by atoms with Crippen molar-refractivity contribution in [3.63, 3.8) is 0 Å². The second kappa shape index (κ2) is 8.20. The first-order chi connectivity index (χ1) is 9.17. The van der Waals surface area contributed by atoms with Crippen molar-refractivity contribution >= 4 is 24.2 Å². The lowest BCUT2D eigenvalue weighted by atomic mass is 10.2. The van der Waals surface area contributed by atoms with Gasteiger partial charge in [-0.2, -0.15) is 0 Å². The van der Waals surface area contributed by atoms with E-state index in [-0.39, 0.29) is 12.4 Å². The second-order valence-electron chi connectivity index (χ2n) is 4.66. The van der Waals surface area contributed by atoms with Crippen molar-refractivity contribution in [3.05, 3.63) is 54.1 Å². The molecule has 0 unspecified atom stereocenters. The van der Waals surface area contributed by atoms with Gasteiger partial charge in [0.1, 0.15) is 5.75 Å². The topological polar surface area (TPSA) is 12.5 Å². The molecule has 0 fully saturated rings. The molecule has 2 rings (SSSR count). The lowest BCUT2D eigenvalue weighted by Crippen LogP contribution is -2.10. The Hall–Kier alpha value is -1.16. The third-order valence-electron chi connectivity index (χ3n) is 2.70. The first kappa shape index (κ1) is 16.9. The van der Waals surface area contributed by atoms with Gasteiger partial charge in [-0.15, -0.1) is 12.4 Å². The van der Waals surface area contributed by atoms with Gasteiger partial charge >= 0.3 is 0 Å². The third-order valence-corrected chi connectivity index (χ3v) is 3.70. The van der Waals surface area contributed by atoms with Crippen molar-refractivity contribution in [1.82, 2.24) is 4.90 Å². The molecule has 108 valence electrons. The van der Waals surface area contributed by atoms with Crippen LogP contribution in [0.25, 0.3) is 0 Å². The molecule has 20 heavy (non-hydrogen) atoms. The predicted octanol–water partition coefficient (Wildman–Crippen LogP) is 4.33. The predicted molar refractivity (Wildman–Crippen MR) is 88.2 cm³/mol. The first-order valence-corrected chi connectivity index (χ1v) is 7.04. The summed E-state index contributed by atoms with van der Waals surface area (Å²) in [5.41, 5.74) is 1.33. The van der Waals surface area contributed by atoms with Gasteiger partial charge in [-0.1, -0.05) is 30.0 Å². The maximum Gasteiger partial charge on any atom is 0.119 e. The fourth-order valence-corrected chi connectivity index (χ4v) is 2.69. The molecular weight excluding hydrogens is 290 g/mol. The molecule has 0 N–H and O–H groups in total. The molecule has 4 heteroatoms. The summed E-state index contributed by atoms with van der Waals surface area (Å²) in [5, 5.41) is 0. The van der Waals surface area contributed by atoms with Crippen LogP contribution >= 0.6 is 24.2 Å². The van der Waals surface area contributed by atoms with E-state index >= 15 is 0 Å². The Morgan fingerprint density at radius 2 is 1.70 bits per heavy atom. The van der Waals surface area contributed by atoms with Gasteiger partial charge in [0.15, 0.2) is 0 Å². The van der Waals surface area contributed by atoms with Gasteiger partial charge in [-0.3, -0.25) is 0 Å². The largest absolute Gasteiger partial charge is 0.497 e. The molecule has 2 aromatic carbocycles. The molecule has 2 aromatic rings. The van der Waals surface area contributed by atoms with Crippen LogP contribution in [0, 0.1) is 0 Å². The summed E-state index contributed by atoms with van der Waals surface area (Å²) in [6, 6.07) is 16.8. The van der Waals surface area contributed by atoms with Gasteiger partial charge in [-0.05, 0) is 50.0 Å². The number of benzene rings is 2. The summed E-state index contributed by atoms with van der Waals surface area (Å²) in [6.45, 7) is 0.976. The van der Waals surface area contributed by atoms with Crippen LogP contribution in [-0.2, 0) is 6.54 Å². The van der Waals surface area contributed by atoms with Crippen LogP contribution in [0.1, 0.15) is 5.56 Å². The second-order valence-corrected chi connectivity index (χ2v) is 5.81. The van der Waals surface area contributed by atoms with E-state index in [4.69, 9.17) is 4.74 Å². The Morgan fingerprint density at radius 3 is 2.30 bits per heavy atom. The molecule has 0 atom stereocenters. The molecule has 0 saturated heterocycles. The van der Waals surface area contributed by atoms with Crippen LogP contribution in [0.5, 0.6) is 5.75 Å². The molecule has 0 spiro atoms. The molecule has 0 aliphatic rings. The molecular formula is C16H20ClNOS.